The third-order valence-electron chi connectivity index (χ3n) is 2.68. The molecule has 0 radical (unpaired) electrons. The van der Waals surface area contributed by atoms with Crippen LogP contribution >= 0.6 is 23.6 Å². The summed E-state index contributed by atoms with van der Waals surface area (Å²) in [5, 5.41) is 0.565. The van der Waals surface area contributed by atoms with Crippen LogP contribution < -0.4 is 11.4 Å². The number of nitrogens with one attached hydrogen (secondary N) is 1. The van der Waals surface area contributed by atoms with E-state index in [4.69, 9.17) is 18.1 Å². The van der Waals surface area contributed by atoms with E-state index in [2.05, 4.69) is 4.98 Å². The molecule has 18 heavy (non-hydrogen) atoms. The van der Waals surface area contributed by atoms with Crippen LogP contribution in [0.3, 0.4) is 0 Å². The summed E-state index contributed by atoms with van der Waals surface area (Å²) in [6, 6.07) is 11.7. The predicted octanol–water partition coefficient (Wildman–Crippen LogP) is 2.50. The molecule has 0 aliphatic heterocycles. The molecule has 0 amide bonds. The third-order valence-corrected chi connectivity index (χ3v) is 4.08. The molecule has 0 aliphatic rings. The summed E-state index contributed by atoms with van der Waals surface area (Å²) in [5.74, 6) is 5.57. The summed E-state index contributed by atoms with van der Waals surface area (Å²) in [5.41, 5.74) is 0.799. The van der Waals surface area contributed by atoms with Gasteiger partial charge in [0.25, 0.3) is 5.56 Å². The van der Waals surface area contributed by atoms with E-state index in [1.54, 1.807) is 0 Å². The number of aromatic amines is 1. The Morgan fingerprint density at radius 3 is 2.72 bits per heavy atom. The predicted molar refractivity (Wildman–Crippen MR) is 76.9 cm³/mol. The van der Waals surface area contributed by atoms with Crippen molar-refractivity contribution in [2.75, 3.05) is 5.84 Å². The number of H-pyrrole nitrogens is 1. The van der Waals surface area contributed by atoms with Crippen molar-refractivity contribution in [3.05, 3.63) is 51.5 Å². The molecule has 0 saturated carbocycles. The minimum Gasteiger partial charge on any atom is -0.334 e. The Morgan fingerprint density at radius 1 is 1.28 bits per heavy atom. The van der Waals surface area contributed by atoms with Crippen LogP contribution in [0, 0.1) is 4.77 Å². The van der Waals surface area contributed by atoms with Crippen LogP contribution in [0.2, 0.25) is 0 Å². The molecule has 2 heterocycles. The van der Waals surface area contributed by atoms with Gasteiger partial charge in [-0.1, -0.05) is 30.3 Å². The number of nitrogen functional groups attached to an aromatic ring is 1. The molecule has 3 rings (SSSR count). The van der Waals surface area contributed by atoms with E-state index in [0.29, 0.717) is 5.39 Å². The highest BCUT2D eigenvalue weighted by atomic mass is 32.1. The highest BCUT2D eigenvalue weighted by Gasteiger charge is 2.09. The quantitative estimate of drug-likeness (QED) is 0.530. The Morgan fingerprint density at radius 2 is 2.00 bits per heavy atom. The maximum Gasteiger partial charge on any atom is 0.281 e. The fourth-order valence-corrected chi connectivity index (χ4v) is 3.07. The smallest absolute Gasteiger partial charge is 0.281 e. The summed E-state index contributed by atoms with van der Waals surface area (Å²) in [6.07, 6.45) is 0. The zero-order chi connectivity index (χ0) is 12.7. The van der Waals surface area contributed by atoms with E-state index < -0.39 is 0 Å². The molecule has 0 atom stereocenters. The Labute approximate surface area is 111 Å². The van der Waals surface area contributed by atoms with Gasteiger partial charge in [-0.3, -0.25) is 4.79 Å². The van der Waals surface area contributed by atoms with Crippen molar-refractivity contribution in [1.29, 1.82) is 0 Å². The van der Waals surface area contributed by atoms with Gasteiger partial charge in [0.15, 0.2) is 4.77 Å². The molecule has 0 saturated heterocycles. The van der Waals surface area contributed by atoms with Gasteiger partial charge in [0.2, 0.25) is 0 Å². The second-order valence-corrected chi connectivity index (χ2v) is 5.26. The average molecular weight is 275 g/mol. The van der Waals surface area contributed by atoms with Crippen LogP contribution in [0.15, 0.2) is 41.2 Å². The minimum atomic E-state index is -0.271. The Balaban J connectivity index is 2.34. The fourth-order valence-electron chi connectivity index (χ4n) is 1.77. The first kappa shape index (κ1) is 11.2. The Hall–Kier alpha value is -1.92. The van der Waals surface area contributed by atoms with Gasteiger partial charge in [0.1, 0.15) is 4.83 Å². The number of nitrogens with zero attached hydrogens (tertiary/aromatic N) is 1. The summed E-state index contributed by atoms with van der Waals surface area (Å²) in [6.45, 7) is 0. The number of nitrogens with two attached hydrogens (primary N) is 1. The SMILES string of the molecule is Nn1c(=S)[nH]c2sc(-c3ccccc3)cc2c1=O. The van der Waals surface area contributed by atoms with E-state index >= 15 is 0 Å². The maximum absolute atomic E-state index is 12.0. The molecule has 90 valence electrons. The number of thiophene rings is 1. The molecule has 0 unspecified atom stereocenters. The molecule has 0 bridgehead atoms. The molecular formula is C12H9N3OS2. The highest BCUT2D eigenvalue weighted by molar-refractivity contribution is 7.71. The molecule has 1 aromatic carbocycles. The monoisotopic (exact) mass is 275 g/mol. The van der Waals surface area contributed by atoms with Crippen LogP contribution in [0.5, 0.6) is 0 Å². The standard InChI is InChI=1S/C12H9N3OS2/c13-15-11(16)8-6-9(7-4-2-1-3-5-7)18-10(8)14-12(15)17/h1-6H,13H2,(H,14,17). The molecule has 2 aromatic heterocycles. The van der Waals surface area contributed by atoms with Crippen molar-refractivity contribution in [1.82, 2.24) is 9.66 Å². The lowest BCUT2D eigenvalue weighted by molar-refractivity contribution is 0.895. The summed E-state index contributed by atoms with van der Waals surface area (Å²) >= 11 is 6.48. The second kappa shape index (κ2) is 4.08. The maximum atomic E-state index is 12.0. The van der Waals surface area contributed by atoms with Gasteiger partial charge in [0.05, 0.1) is 5.39 Å². The van der Waals surface area contributed by atoms with Gasteiger partial charge in [-0.2, -0.15) is 4.68 Å². The fraction of sp³-hybridized carbons (Fsp3) is 0. The summed E-state index contributed by atoms with van der Waals surface area (Å²) in [7, 11) is 0. The van der Waals surface area contributed by atoms with Crippen molar-refractivity contribution in [2.45, 2.75) is 0 Å². The minimum absolute atomic E-state index is 0.231. The van der Waals surface area contributed by atoms with Crippen molar-refractivity contribution in [2.24, 2.45) is 0 Å². The molecule has 3 N–H and O–H groups in total. The average Bonchev–Trinajstić information content (AvgIpc) is 2.81. The Kier molecular flexibility index (Phi) is 2.53. The zero-order valence-corrected chi connectivity index (χ0v) is 10.8. The van der Waals surface area contributed by atoms with E-state index in [9.17, 15) is 4.79 Å². The van der Waals surface area contributed by atoms with Gasteiger partial charge < -0.3 is 10.8 Å². The highest BCUT2D eigenvalue weighted by Crippen LogP contribution is 2.30. The normalized spacial score (nSPS) is 10.9. The zero-order valence-electron chi connectivity index (χ0n) is 9.21. The van der Waals surface area contributed by atoms with Crippen LogP contribution in [0.25, 0.3) is 20.7 Å². The first-order valence-electron chi connectivity index (χ1n) is 5.26. The number of rotatable bonds is 1. The third kappa shape index (κ3) is 1.66. The lowest BCUT2D eigenvalue weighted by atomic mass is 10.2. The molecule has 0 fully saturated rings. The van der Waals surface area contributed by atoms with Gasteiger partial charge in [-0.15, -0.1) is 11.3 Å². The van der Waals surface area contributed by atoms with Gasteiger partial charge >= 0.3 is 0 Å². The number of hydrogen-bond acceptors (Lipinski definition) is 4. The molecule has 3 aromatic rings. The molecule has 0 spiro atoms. The van der Waals surface area contributed by atoms with Gasteiger partial charge in [-0.05, 0) is 23.8 Å². The van der Waals surface area contributed by atoms with Crippen molar-refractivity contribution >= 4 is 33.8 Å². The van der Waals surface area contributed by atoms with Crippen molar-refractivity contribution < 1.29 is 0 Å². The number of fused-ring (bicyclic) bond motifs is 1. The van der Waals surface area contributed by atoms with Crippen molar-refractivity contribution in [3.8, 4) is 10.4 Å². The van der Waals surface area contributed by atoms with Gasteiger partial charge in [0, 0.05) is 4.88 Å². The summed E-state index contributed by atoms with van der Waals surface area (Å²) in [4.78, 5) is 16.7. The lowest BCUT2D eigenvalue weighted by Gasteiger charge is -1.96. The first-order valence-corrected chi connectivity index (χ1v) is 6.48. The largest absolute Gasteiger partial charge is 0.334 e. The van der Waals surface area contributed by atoms with Gasteiger partial charge in [-0.25, -0.2) is 0 Å². The van der Waals surface area contributed by atoms with Crippen LogP contribution in [-0.4, -0.2) is 9.66 Å². The van der Waals surface area contributed by atoms with E-state index in [1.165, 1.54) is 11.3 Å². The lowest BCUT2D eigenvalue weighted by Crippen LogP contribution is -2.28. The molecule has 4 nitrogen and oxygen atoms in total. The summed E-state index contributed by atoms with van der Waals surface area (Å²) < 4.78 is 1.19. The molecular weight excluding hydrogens is 266 g/mol. The van der Waals surface area contributed by atoms with Crippen LogP contribution in [0.1, 0.15) is 0 Å². The topological polar surface area (TPSA) is 63.8 Å². The second-order valence-electron chi connectivity index (χ2n) is 3.82. The molecule has 6 heteroatoms. The number of benzene rings is 1. The van der Waals surface area contributed by atoms with E-state index in [-0.39, 0.29) is 10.3 Å². The Bertz CT molecular complexity index is 830. The van der Waals surface area contributed by atoms with Crippen LogP contribution in [-0.2, 0) is 0 Å². The van der Waals surface area contributed by atoms with Crippen molar-refractivity contribution in [3.63, 3.8) is 0 Å². The number of aromatic nitrogens is 2. The van der Waals surface area contributed by atoms with E-state index in [0.717, 1.165) is 19.9 Å². The molecule has 0 aliphatic carbocycles. The van der Waals surface area contributed by atoms with E-state index in [1.807, 2.05) is 36.4 Å². The number of hydrogen-bond donors (Lipinski definition) is 2. The van der Waals surface area contributed by atoms with Crippen LogP contribution in [0.4, 0.5) is 0 Å². The first-order chi connectivity index (χ1) is 8.66.